The van der Waals surface area contributed by atoms with Gasteiger partial charge in [-0.1, -0.05) is 13.8 Å². The summed E-state index contributed by atoms with van der Waals surface area (Å²) in [6, 6.07) is 2.89. The van der Waals surface area contributed by atoms with E-state index < -0.39 is 0 Å². The van der Waals surface area contributed by atoms with Crippen molar-refractivity contribution >= 4 is 11.3 Å². The van der Waals surface area contributed by atoms with Crippen LogP contribution in [0.25, 0.3) is 0 Å². The van der Waals surface area contributed by atoms with E-state index in [-0.39, 0.29) is 6.61 Å². The largest absolute Gasteiger partial charge is 0.396 e. The van der Waals surface area contributed by atoms with Crippen LogP contribution in [0.4, 0.5) is 0 Å². The second-order valence-corrected chi connectivity index (χ2v) is 4.80. The Kier molecular flexibility index (Phi) is 4.58. The van der Waals surface area contributed by atoms with Gasteiger partial charge in [0.25, 0.3) is 0 Å². The Balaban J connectivity index is 2.72. The smallest absolute Gasteiger partial charge is 0.0449 e. The van der Waals surface area contributed by atoms with Gasteiger partial charge in [0.1, 0.15) is 0 Å². The first-order valence-corrected chi connectivity index (χ1v) is 5.94. The molecule has 1 aromatic heterocycles. The molecule has 1 heterocycles. The van der Waals surface area contributed by atoms with E-state index >= 15 is 0 Å². The van der Waals surface area contributed by atoms with Crippen molar-refractivity contribution < 1.29 is 5.11 Å². The SMILES string of the molecule is Cc1ccsc1[C@H](CCO)NC(C)C. The standard InChI is InChI=1S/C11H19NOS/c1-8(2)12-10(4-6-13)11-9(3)5-7-14-11/h5,7-8,10,12-13H,4,6H2,1-3H3/t10-/m0/s1. The number of aryl methyl sites for hydroxylation is 1. The third kappa shape index (κ3) is 3.08. The molecule has 0 aliphatic heterocycles. The highest BCUT2D eigenvalue weighted by molar-refractivity contribution is 7.10. The first-order valence-electron chi connectivity index (χ1n) is 5.06. The Morgan fingerprint density at radius 2 is 2.21 bits per heavy atom. The number of nitrogens with one attached hydrogen (secondary N) is 1. The fourth-order valence-corrected chi connectivity index (χ4v) is 2.59. The van der Waals surface area contributed by atoms with Crippen LogP contribution in [0.5, 0.6) is 0 Å². The molecule has 1 rings (SSSR count). The van der Waals surface area contributed by atoms with Crippen molar-refractivity contribution in [2.45, 2.75) is 39.3 Å². The Labute approximate surface area is 90.0 Å². The Bertz CT molecular complexity index is 270. The minimum Gasteiger partial charge on any atom is -0.396 e. The van der Waals surface area contributed by atoms with Crippen LogP contribution in [-0.4, -0.2) is 17.8 Å². The molecule has 0 bridgehead atoms. The third-order valence-electron chi connectivity index (χ3n) is 2.17. The van der Waals surface area contributed by atoms with Crippen molar-refractivity contribution in [3.8, 4) is 0 Å². The van der Waals surface area contributed by atoms with Crippen molar-refractivity contribution in [3.63, 3.8) is 0 Å². The predicted octanol–water partition coefficient (Wildman–Crippen LogP) is 2.48. The van der Waals surface area contributed by atoms with Crippen LogP contribution in [0.2, 0.25) is 0 Å². The van der Waals surface area contributed by atoms with Crippen molar-refractivity contribution in [1.29, 1.82) is 0 Å². The highest BCUT2D eigenvalue weighted by atomic mass is 32.1. The van der Waals surface area contributed by atoms with Crippen molar-refractivity contribution in [2.24, 2.45) is 0 Å². The number of aliphatic hydroxyl groups is 1. The predicted molar refractivity (Wildman–Crippen MR) is 61.8 cm³/mol. The van der Waals surface area contributed by atoms with E-state index in [1.54, 1.807) is 11.3 Å². The molecule has 0 saturated carbocycles. The van der Waals surface area contributed by atoms with Crippen LogP contribution in [0, 0.1) is 6.92 Å². The molecule has 0 aliphatic carbocycles. The lowest BCUT2D eigenvalue weighted by atomic mass is 10.1. The maximum absolute atomic E-state index is 9.00. The van der Waals surface area contributed by atoms with Gasteiger partial charge in [-0.05, 0) is 30.4 Å². The lowest BCUT2D eigenvalue weighted by Gasteiger charge is -2.20. The molecule has 0 spiro atoms. The molecular formula is C11H19NOS. The molecule has 80 valence electrons. The molecule has 1 atom stereocenters. The van der Waals surface area contributed by atoms with E-state index in [1.165, 1.54) is 10.4 Å². The normalized spacial score (nSPS) is 13.5. The van der Waals surface area contributed by atoms with Gasteiger partial charge in [0.05, 0.1) is 0 Å². The highest BCUT2D eigenvalue weighted by Gasteiger charge is 2.14. The fraction of sp³-hybridized carbons (Fsp3) is 0.636. The zero-order chi connectivity index (χ0) is 10.6. The van der Waals surface area contributed by atoms with E-state index in [0.717, 1.165) is 6.42 Å². The number of rotatable bonds is 5. The van der Waals surface area contributed by atoms with Gasteiger partial charge in [-0.3, -0.25) is 0 Å². The van der Waals surface area contributed by atoms with Gasteiger partial charge in [0, 0.05) is 23.6 Å². The molecular weight excluding hydrogens is 194 g/mol. The summed E-state index contributed by atoms with van der Waals surface area (Å²) in [5.41, 5.74) is 1.32. The summed E-state index contributed by atoms with van der Waals surface area (Å²) in [6.07, 6.45) is 0.791. The zero-order valence-electron chi connectivity index (χ0n) is 9.08. The van der Waals surface area contributed by atoms with Crippen molar-refractivity contribution in [2.75, 3.05) is 6.61 Å². The molecule has 0 amide bonds. The first-order chi connectivity index (χ1) is 6.65. The minimum atomic E-state index is 0.238. The van der Waals surface area contributed by atoms with E-state index in [4.69, 9.17) is 5.11 Å². The van der Waals surface area contributed by atoms with Gasteiger partial charge >= 0.3 is 0 Å². The molecule has 0 fully saturated rings. The lowest BCUT2D eigenvalue weighted by molar-refractivity contribution is 0.262. The molecule has 0 aliphatic rings. The number of hydrogen-bond donors (Lipinski definition) is 2. The first kappa shape index (κ1) is 11.7. The quantitative estimate of drug-likeness (QED) is 0.787. The van der Waals surface area contributed by atoms with Gasteiger partial charge in [-0.15, -0.1) is 11.3 Å². The minimum absolute atomic E-state index is 0.238. The lowest BCUT2D eigenvalue weighted by Crippen LogP contribution is -2.28. The van der Waals surface area contributed by atoms with Crippen LogP contribution >= 0.6 is 11.3 Å². The highest BCUT2D eigenvalue weighted by Crippen LogP contribution is 2.26. The Hall–Kier alpha value is -0.380. The Morgan fingerprint density at radius 3 is 2.64 bits per heavy atom. The zero-order valence-corrected chi connectivity index (χ0v) is 9.90. The molecule has 0 unspecified atom stereocenters. The molecule has 2 nitrogen and oxygen atoms in total. The molecule has 0 saturated heterocycles. The van der Waals surface area contributed by atoms with Gasteiger partial charge in [-0.2, -0.15) is 0 Å². The monoisotopic (exact) mass is 213 g/mol. The van der Waals surface area contributed by atoms with Crippen LogP contribution in [0.3, 0.4) is 0 Å². The average molecular weight is 213 g/mol. The van der Waals surface area contributed by atoms with E-state index in [1.807, 2.05) is 0 Å². The van der Waals surface area contributed by atoms with E-state index in [0.29, 0.717) is 12.1 Å². The summed E-state index contributed by atoms with van der Waals surface area (Å²) in [5, 5.41) is 14.6. The average Bonchev–Trinajstić information content (AvgIpc) is 2.50. The maximum atomic E-state index is 9.00. The number of thiophene rings is 1. The number of aliphatic hydroxyl groups excluding tert-OH is 1. The second kappa shape index (κ2) is 5.49. The summed E-state index contributed by atoms with van der Waals surface area (Å²) in [6.45, 7) is 6.63. The molecule has 1 aromatic rings. The summed E-state index contributed by atoms with van der Waals surface area (Å²) in [7, 11) is 0. The summed E-state index contributed by atoms with van der Waals surface area (Å²) < 4.78 is 0. The molecule has 0 aromatic carbocycles. The molecule has 2 N–H and O–H groups in total. The maximum Gasteiger partial charge on any atom is 0.0449 e. The number of hydrogen-bond acceptors (Lipinski definition) is 3. The van der Waals surface area contributed by atoms with Crippen molar-refractivity contribution in [1.82, 2.24) is 5.32 Å². The molecule has 0 radical (unpaired) electrons. The topological polar surface area (TPSA) is 32.3 Å². The second-order valence-electron chi connectivity index (χ2n) is 3.85. The van der Waals surface area contributed by atoms with Crippen molar-refractivity contribution in [3.05, 3.63) is 21.9 Å². The third-order valence-corrected chi connectivity index (χ3v) is 3.30. The fourth-order valence-electron chi connectivity index (χ4n) is 1.56. The molecule has 14 heavy (non-hydrogen) atoms. The van der Waals surface area contributed by atoms with E-state index in [2.05, 4.69) is 37.5 Å². The van der Waals surface area contributed by atoms with Crippen LogP contribution in [0.15, 0.2) is 11.4 Å². The molecule has 3 heteroatoms. The van der Waals surface area contributed by atoms with Gasteiger partial charge < -0.3 is 10.4 Å². The van der Waals surface area contributed by atoms with Crippen LogP contribution in [-0.2, 0) is 0 Å². The summed E-state index contributed by atoms with van der Waals surface area (Å²) in [5.74, 6) is 0. The van der Waals surface area contributed by atoms with Crippen LogP contribution < -0.4 is 5.32 Å². The summed E-state index contributed by atoms with van der Waals surface area (Å²) >= 11 is 1.77. The van der Waals surface area contributed by atoms with Gasteiger partial charge in [0.2, 0.25) is 0 Å². The van der Waals surface area contributed by atoms with Gasteiger partial charge in [-0.25, -0.2) is 0 Å². The summed E-state index contributed by atoms with van der Waals surface area (Å²) in [4.78, 5) is 1.35. The van der Waals surface area contributed by atoms with Gasteiger partial charge in [0.15, 0.2) is 0 Å². The van der Waals surface area contributed by atoms with Crippen LogP contribution in [0.1, 0.15) is 36.8 Å². The van der Waals surface area contributed by atoms with E-state index in [9.17, 15) is 0 Å². The Morgan fingerprint density at radius 1 is 1.50 bits per heavy atom.